The topological polar surface area (TPSA) is 149 Å². The van der Waals surface area contributed by atoms with Crippen LogP contribution < -0.4 is 0 Å². The Morgan fingerprint density at radius 3 is 1.21 bits per heavy atom. The predicted octanol–water partition coefficient (Wildman–Crippen LogP) is 2.66. The molecular weight excluding hydrogens is 368 g/mol. The van der Waals surface area contributed by atoms with Gasteiger partial charge < -0.3 is 20.4 Å². The zero-order valence-corrected chi connectivity index (χ0v) is 16.7. The molecule has 0 aromatic rings. The van der Waals surface area contributed by atoms with Gasteiger partial charge in [-0.25, -0.2) is 0 Å². The van der Waals surface area contributed by atoms with Gasteiger partial charge in [0.2, 0.25) is 0 Å². The van der Waals surface area contributed by atoms with Crippen molar-refractivity contribution >= 4 is 23.9 Å². The Labute approximate surface area is 163 Å². The Morgan fingerprint density at radius 2 is 1.04 bits per heavy atom. The number of carboxylic acid groups (broad SMARTS) is 4. The summed E-state index contributed by atoms with van der Waals surface area (Å²) in [6.45, 7) is 7.01. The molecule has 0 bridgehead atoms. The maximum Gasteiger partial charge on any atom is 0.311 e. The molecule has 8 heteroatoms. The SMILES string of the molecule is CCC(C)C1(C(=O)O)C2CC(C(=O)O)C(C(=O)O)CC2C1(C(=O)O)C(C)CC. The maximum atomic E-state index is 12.7. The lowest BCUT2D eigenvalue weighted by molar-refractivity contribution is -0.281. The Morgan fingerprint density at radius 1 is 0.750 bits per heavy atom. The Kier molecular flexibility index (Phi) is 5.83. The van der Waals surface area contributed by atoms with Crippen molar-refractivity contribution in [3.8, 4) is 0 Å². The number of aliphatic carboxylic acids is 4. The van der Waals surface area contributed by atoms with E-state index in [0.29, 0.717) is 12.8 Å². The van der Waals surface area contributed by atoms with Crippen LogP contribution in [0.25, 0.3) is 0 Å². The maximum absolute atomic E-state index is 12.7. The standard InChI is InChI=1S/C20H30O8/c1-5-9(3)19(17(25)26)13-7-11(15(21)22)12(16(23)24)8-14(13)20(19,18(27)28)10(4)6-2/h9-14H,5-8H2,1-4H3,(H,21,22)(H,23,24)(H,25,26)(H,27,28). The molecule has 2 fully saturated rings. The first-order valence-corrected chi connectivity index (χ1v) is 9.88. The lowest BCUT2D eigenvalue weighted by Gasteiger charge is -2.71. The fraction of sp³-hybridized carbons (Fsp3) is 0.800. The average Bonchev–Trinajstić information content (AvgIpc) is 2.60. The minimum atomic E-state index is -1.62. The van der Waals surface area contributed by atoms with Crippen molar-refractivity contribution in [3.05, 3.63) is 0 Å². The van der Waals surface area contributed by atoms with Crippen LogP contribution in [0.1, 0.15) is 53.4 Å². The smallest absolute Gasteiger partial charge is 0.311 e. The number of rotatable bonds is 8. The van der Waals surface area contributed by atoms with Crippen molar-refractivity contribution in [2.75, 3.05) is 0 Å². The van der Waals surface area contributed by atoms with E-state index < -0.39 is 70.2 Å². The molecule has 2 saturated carbocycles. The third-order valence-electron chi connectivity index (χ3n) is 7.96. The summed E-state index contributed by atoms with van der Waals surface area (Å²) in [5.41, 5.74) is -3.24. The van der Waals surface area contributed by atoms with E-state index >= 15 is 0 Å². The van der Waals surface area contributed by atoms with E-state index in [1.165, 1.54) is 0 Å². The van der Waals surface area contributed by atoms with Crippen molar-refractivity contribution in [1.82, 2.24) is 0 Å². The van der Waals surface area contributed by atoms with E-state index in [4.69, 9.17) is 0 Å². The number of fused-ring (bicyclic) bond motifs is 1. The van der Waals surface area contributed by atoms with Gasteiger partial charge in [0.1, 0.15) is 0 Å². The van der Waals surface area contributed by atoms with Crippen LogP contribution in [0.5, 0.6) is 0 Å². The van der Waals surface area contributed by atoms with Gasteiger partial charge in [-0.15, -0.1) is 0 Å². The summed E-state index contributed by atoms with van der Waals surface area (Å²) in [5.74, 6) is -9.76. The predicted molar refractivity (Wildman–Crippen MR) is 97.5 cm³/mol. The van der Waals surface area contributed by atoms with Crippen LogP contribution in [0.2, 0.25) is 0 Å². The molecule has 28 heavy (non-hydrogen) atoms. The monoisotopic (exact) mass is 398 g/mol. The van der Waals surface area contributed by atoms with Crippen molar-refractivity contribution in [2.24, 2.45) is 46.3 Å². The molecule has 4 N–H and O–H groups in total. The molecule has 8 atom stereocenters. The second-order valence-corrected chi connectivity index (χ2v) is 8.54. The van der Waals surface area contributed by atoms with Gasteiger partial charge in [-0.3, -0.25) is 19.2 Å². The second kappa shape index (κ2) is 7.37. The second-order valence-electron chi connectivity index (χ2n) is 8.54. The van der Waals surface area contributed by atoms with E-state index in [2.05, 4.69) is 0 Å². The van der Waals surface area contributed by atoms with Gasteiger partial charge >= 0.3 is 23.9 Å². The zero-order chi connectivity index (χ0) is 21.6. The van der Waals surface area contributed by atoms with E-state index in [9.17, 15) is 39.6 Å². The summed E-state index contributed by atoms with van der Waals surface area (Å²) in [7, 11) is 0. The molecule has 0 heterocycles. The Balaban J connectivity index is 2.75. The lowest BCUT2D eigenvalue weighted by atomic mass is 9.28. The van der Waals surface area contributed by atoms with Crippen LogP contribution in [-0.4, -0.2) is 44.3 Å². The molecule has 8 unspecified atom stereocenters. The van der Waals surface area contributed by atoms with Crippen molar-refractivity contribution in [3.63, 3.8) is 0 Å². The fourth-order valence-corrected chi connectivity index (χ4v) is 6.56. The van der Waals surface area contributed by atoms with Crippen LogP contribution in [0.4, 0.5) is 0 Å². The molecule has 0 radical (unpaired) electrons. The molecule has 0 saturated heterocycles. The van der Waals surface area contributed by atoms with E-state index in [1.54, 1.807) is 27.7 Å². The van der Waals surface area contributed by atoms with E-state index in [-0.39, 0.29) is 12.8 Å². The Hall–Kier alpha value is -2.12. The van der Waals surface area contributed by atoms with Crippen LogP contribution in [0.3, 0.4) is 0 Å². The first-order valence-electron chi connectivity index (χ1n) is 9.88. The van der Waals surface area contributed by atoms with Crippen molar-refractivity contribution < 1.29 is 39.6 Å². The average molecular weight is 398 g/mol. The van der Waals surface area contributed by atoms with Gasteiger partial charge in [0, 0.05) is 0 Å². The van der Waals surface area contributed by atoms with Gasteiger partial charge in [0.05, 0.1) is 22.7 Å². The van der Waals surface area contributed by atoms with E-state index in [0.717, 1.165) is 0 Å². The van der Waals surface area contributed by atoms with Gasteiger partial charge in [-0.1, -0.05) is 40.5 Å². The first-order chi connectivity index (χ1) is 13.0. The summed E-state index contributed by atoms with van der Waals surface area (Å²) in [6.07, 6.45) is 0.611. The highest BCUT2D eigenvalue weighted by molar-refractivity contribution is 5.91. The molecule has 8 nitrogen and oxygen atoms in total. The fourth-order valence-electron chi connectivity index (χ4n) is 6.56. The highest BCUT2D eigenvalue weighted by atomic mass is 16.4. The number of hydrogen-bond acceptors (Lipinski definition) is 4. The molecule has 2 aliphatic rings. The van der Waals surface area contributed by atoms with Gasteiger partial charge in [0.25, 0.3) is 0 Å². The Bertz CT molecular complexity index is 630. The third kappa shape index (κ3) is 2.49. The number of carbonyl (C=O) groups is 4. The minimum Gasteiger partial charge on any atom is -0.481 e. The van der Waals surface area contributed by atoms with Crippen LogP contribution in [0, 0.1) is 46.3 Å². The molecule has 0 amide bonds. The van der Waals surface area contributed by atoms with Gasteiger partial charge in [-0.05, 0) is 36.5 Å². The largest absolute Gasteiger partial charge is 0.481 e. The first kappa shape index (κ1) is 22.2. The normalized spacial score (nSPS) is 39.1. The van der Waals surface area contributed by atoms with E-state index in [1.807, 2.05) is 0 Å². The summed E-state index contributed by atoms with van der Waals surface area (Å²) < 4.78 is 0. The van der Waals surface area contributed by atoms with Crippen molar-refractivity contribution in [1.29, 1.82) is 0 Å². The third-order valence-corrected chi connectivity index (χ3v) is 7.96. The zero-order valence-electron chi connectivity index (χ0n) is 16.7. The van der Waals surface area contributed by atoms with Crippen LogP contribution >= 0.6 is 0 Å². The molecule has 0 aliphatic heterocycles. The van der Waals surface area contributed by atoms with Crippen LogP contribution in [0.15, 0.2) is 0 Å². The minimum absolute atomic E-state index is 0.126. The summed E-state index contributed by atoms with van der Waals surface area (Å²) in [6, 6.07) is 0. The molecule has 0 spiro atoms. The molecule has 0 aromatic heterocycles. The molecule has 2 rings (SSSR count). The van der Waals surface area contributed by atoms with Crippen molar-refractivity contribution in [2.45, 2.75) is 53.4 Å². The molecule has 0 aromatic carbocycles. The van der Waals surface area contributed by atoms with Crippen LogP contribution in [-0.2, 0) is 19.2 Å². The summed E-state index contributed by atoms with van der Waals surface area (Å²) >= 11 is 0. The number of carboxylic acids is 4. The highest BCUT2D eigenvalue weighted by Crippen LogP contribution is 2.76. The van der Waals surface area contributed by atoms with Gasteiger partial charge in [0.15, 0.2) is 0 Å². The highest BCUT2D eigenvalue weighted by Gasteiger charge is 2.82. The lowest BCUT2D eigenvalue weighted by Crippen LogP contribution is -2.78. The number of hydrogen-bond donors (Lipinski definition) is 4. The molecular formula is C20H30O8. The molecule has 158 valence electrons. The van der Waals surface area contributed by atoms with Gasteiger partial charge in [-0.2, -0.15) is 0 Å². The molecule has 2 aliphatic carbocycles. The quantitative estimate of drug-likeness (QED) is 0.487. The summed E-state index contributed by atoms with van der Waals surface area (Å²) in [5, 5.41) is 39.8. The summed E-state index contributed by atoms with van der Waals surface area (Å²) in [4.78, 5) is 48.8.